The van der Waals surface area contributed by atoms with Gasteiger partial charge in [0.15, 0.2) is 11.3 Å². The molecule has 1 amide bonds. The van der Waals surface area contributed by atoms with Crippen molar-refractivity contribution in [2.45, 2.75) is 96.1 Å². The molecule has 1 fully saturated rings. The molecule has 1 saturated carbocycles. The van der Waals surface area contributed by atoms with Crippen LogP contribution in [0.4, 0.5) is 4.79 Å². The van der Waals surface area contributed by atoms with E-state index in [2.05, 4.69) is 28.6 Å². The lowest BCUT2D eigenvalue weighted by Gasteiger charge is -2.29. The van der Waals surface area contributed by atoms with E-state index in [0.29, 0.717) is 18.5 Å². The number of alkyl halides is 1. The van der Waals surface area contributed by atoms with Gasteiger partial charge in [0.2, 0.25) is 0 Å². The van der Waals surface area contributed by atoms with Crippen molar-refractivity contribution in [3.05, 3.63) is 41.5 Å². The smallest absolute Gasteiger partial charge is 0.412 e. The number of benzene rings is 1. The van der Waals surface area contributed by atoms with Gasteiger partial charge in [-0.15, -0.1) is 10.2 Å². The Morgan fingerprint density at radius 3 is 2.41 bits per heavy atom. The van der Waals surface area contributed by atoms with Gasteiger partial charge in [-0.05, 0) is 71.9 Å². The predicted molar refractivity (Wildman–Crippen MR) is 123 cm³/mol. The highest BCUT2D eigenvalue weighted by molar-refractivity contribution is 6.21. The molecule has 0 spiro atoms. The van der Waals surface area contributed by atoms with Crippen LogP contribution in [0.2, 0.25) is 0 Å². The van der Waals surface area contributed by atoms with Crippen molar-refractivity contribution in [2.24, 2.45) is 0 Å². The molecule has 2 aromatic rings. The largest absolute Gasteiger partial charge is 0.444 e. The van der Waals surface area contributed by atoms with Gasteiger partial charge in [0.25, 0.3) is 0 Å². The Labute approximate surface area is 195 Å². The number of nitrogens with zero attached hydrogens (tertiary/aromatic N) is 4. The van der Waals surface area contributed by atoms with Gasteiger partial charge in [-0.1, -0.05) is 29.8 Å². The van der Waals surface area contributed by atoms with E-state index in [1.54, 1.807) is 0 Å². The molecule has 32 heavy (non-hydrogen) atoms. The first kappa shape index (κ1) is 23.1. The average Bonchev–Trinajstić information content (AvgIpc) is 3.10. The Kier molecular flexibility index (Phi) is 6.50. The van der Waals surface area contributed by atoms with Gasteiger partial charge in [-0.25, -0.2) is 4.79 Å². The number of aromatic nitrogens is 3. The molecule has 0 bridgehead atoms. The van der Waals surface area contributed by atoms with Gasteiger partial charge >= 0.3 is 6.09 Å². The summed E-state index contributed by atoms with van der Waals surface area (Å²) in [4.78, 5) is 14.5. The van der Waals surface area contributed by atoms with Crippen molar-refractivity contribution in [1.82, 2.24) is 19.7 Å². The van der Waals surface area contributed by atoms with Crippen LogP contribution in [0.1, 0.15) is 88.9 Å². The summed E-state index contributed by atoms with van der Waals surface area (Å²) in [6.45, 7) is 10.0. The number of fused-ring (bicyclic) bond motifs is 3. The second-order valence-corrected chi connectivity index (χ2v) is 10.4. The molecule has 1 aliphatic heterocycles. The lowest BCUT2D eigenvalue weighted by molar-refractivity contribution is -0.0151. The first-order valence-corrected chi connectivity index (χ1v) is 11.9. The van der Waals surface area contributed by atoms with E-state index in [9.17, 15) is 4.79 Å². The molecule has 2 heterocycles. The van der Waals surface area contributed by atoms with Crippen LogP contribution in [0.5, 0.6) is 0 Å². The molecule has 1 aliphatic carbocycles. The van der Waals surface area contributed by atoms with E-state index in [1.165, 1.54) is 4.90 Å². The number of ether oxygens (including phenoxy) is 2. The van der Waals surface area contributed by atoms with Crippen LogP contribution in [-0.2, 0) is 16.0 Å². The molecule has 2 aliphatic rings. The summed E-state index contributed by atoms with van der Waals surface area (Å²) in [7, 11) is 0. The number of hydrogen-bond acceptors (Lipinski definition) is 5. The van der Waals surface area contributed by atoms with Gasteiger partial charge in [0.05, 0.1) is 24.4 Å². The van der Waals surface area contributed by atoms with Gasteiger partial charge in [-0.2, -0.15) is 0 Å². The average molecular weight is 461 g/mol. The third-order valence-corrected chi connectivity index (χ3v) is 6.34. The van der Waals surface area contributed by atoms with E-state index in [0.717, 1.165) is 42.8 Å². The molecule has 1 aromatic heterocycles. The number of halogens is 1. The fourth-order valence-corrected chi connectivity index (χ4v) is 4.85. The summed E-state index contributed by atoms with van der Waals surface area (Å²) in [6.07, 6.45) is 4.05. The van der Waals surface area contributed by atoms with Crippen LogP contribution >= 0.6 is 11.6 Å². The highest BCUT2D eigenvalue weighted by atomic mass is 35.5. The molecular weight excluding hydrogens is 428 g/mol. The molecule has 174 valence electrons. The second-order valence-electron chi connectivity index (χ2n) is 9.98. The summed E-state index contributed by atoms with van der Waals surface area (Å²) in [5.74, 6) is 1.73. The Bertz CT molecular complexity index is 960. The van der Waals surface area contributed by atoms with Crippen LogP contribution < -0.4 is 0 Å². The van der Waals surface area contributed by atoms with Gasteiger partial charge in [0, 0.05) is 5.92 Å². The molecular formula is C24H33ClN4O3. The SMILES string of the molecule is CC(C)OC1CCC(c2nnc3n2-c2ccccc2CN(C(=O)OC(C)(C)C)C3Cl)CC1. The molecule has 0 saturated heterocycles. The monoisotopic (exact) mass is 460 g/mol. The van der Waals surface area contributed by atoms with Gasteiger partial charge in [-0.3, -0.25) is 9.47 Å². The number of carbonyl (C=O) groups is 1. The Morgan fingerprint density at radius 1 is 1.09 bits per heavy atom. The summed E-state index contributed by atoms with van der Waals surface area (Å²) >= 11 is 6.85. The number of para-hydroxylation sites is 1. The number of amides is 1. The van der Waals surface area contributed by atoms with E-state index in [-0.39, 0.29) is 12.0 Å². The molecule has 1 aromatic carbocycles. The maximum absolute atomic E-state index is 13.0. The zero-order chi connectivity index (χ0) is 23.0. The minimum Gasteiger partial charge on any atom is -0.444 e. The lowest BCUT2D eigenvalue weighted by atomic mass is 9.86. The molecule has 7 nitrogen and oxygen atoms in total. The topological polar surface area (TPSA) is 69.5 Å². The third-order valence-electron chi connectivity index (χ3n) is 5.90. The second kappa shape index (κ2) is 9.02. The Hall–Kier alpha value is -2.12. The fraction of sp³-hybridized carbons (Fsp3) is 0.625. The van der Waals surface area contributed by atoms with Crippen molar-refractivity contribution in [2.75, 3.05) is 0 Å². The van der Waals surface area contributed by atoms with Crippen molar-refractivity contribution in [1.29, 1.82) is 0 Å². The third kappa shape index (κ3) is 4.79. The van der Waals surface area contributed by atoms with Crippen molar-refractivity contribution in [3.8, 4) is 5.69 Å². The molecule has 1 atom stereocenters. The molecule has 1 unspecified atom stereocenters. The van der Waals surface area contributed by atoms with E-state index in [4.69, 9.17) is 21.1 Å². The number of rotatable bonds is 3. The van der Waals surface area contributed by atoms with Crippen LogP contribution in [-0.4, -0.2) is 43.6 Å². The van der Waals surface area contributed by atoms with Crippen LogP contribution in [0.25, 0.3) is 5.69 Å². The quantitative estimate of drug-likeness (QED) is 0.433. The summed E-state index contributed by atoms with van der Waals surface area (Å²) in [5.41, 5.74) is 0.564. The van der Waals surface area contributed by atoms with E-state index in [1.807, 2.05) is 45.0 Å². The van der Waals surface area contributed by atoms with Crippen LogP contribution in [0.15, 0.2) is 24.3 Å². The van der Waals surface area contributed by atoms with Gasteiger partial charge < -0.3 is 9.47 Å². The summed E-state index contributed by atoms with van der Waals surface area (Å²) < 4.78 is 13.7. The van der Waals surface area contributed by atoms with Crippen LogP contribution in [0, 0.1) is 0 Å². The summed E-state index contributed by atoms with van der Waals surface area (Å²) in [5, 5.41) is 9.04. The zero-order valence-electron chi connectivity index (χ0n) is 19.5. The molecule has 0 N–H and O–H groups in total. The molecule has 8 heteroatoms. The predicted octanol–water partition coefficient (Wildman–Crippen LogP) is 5.71. The van der Waals surface area contributed by atoms with Crippen molar-refractivity contribution < 1.29 is 14.3 Å². The minimum absolute atomic E-state index is 0.239. The lowest BCUT2D eigenvalue weighted by Crippen LogP contribution is -2.37. The normalized spacial score (nSPS) is 23.5. The minimum atomic E-state index is -0.779. The standard InChI is InChI=1S/C24H33ClN4O3/c1-15(2)31-18-12-10-16(11-13-18)21-26-27-22-20(25)28(23(30)32-24(3,4)5)14-17-8-6-7-9-19(17)29(21)22/h6-9,15-16,18,20H,10-14H2,1-5H3. The van der Waals surface area contributed by atoms with Gasteiger partial charge in [0.1, 0.15) is 11.4 Å². The fourth-order valence-electron chi connectivity index (χ4n) is 4.56. The molecule has 0 radical (unpaired) electrons. The molecule has 4 rings (SSSR count). The van der Waals surface area contributed by atoms with E-state index >= 15 is 0 Å². The first-order valence-electron chi connectivity index (χ1n) is 11.5. The maximum atomic E-state index is 13.0. The maximum Gasteiger partial charge on any atom is 0.412 e. The highest BCUT2D eigenvalue weighted by Gasteiger charge is 2.37. The Balaban J connectivity index is 1.67. The Morgan fingerprint density at radius 2 is 1.75 bits per heavy atom. The van der Waals surface area contributed by atoms with E-state index < -0.39 is 17.2 Å². The zero-order valence-corrected chi connectivity index (χ0v) is 20.3. The van der Waals surface area contributed by atoms with Crippen molar-refractivity contribution in [3.63, 3.8) is 0 Å². The first-order chi connectivity index (χ1) is 15.1. The van der Waals surface area contributed by atoms with Crippen molar-refractivity contribution >= 4 is 17.7 Å². The summed E-state index contributed by atoms with van der Waals surface area (Å²) in [6, 6.07) is 8.02. The van der Waals surface area contributed by atoms with Crippen LogP contribution in [0.3, 0.4) is 0 Å². The number of carbonyl (C=O) groups excluding carboxylic acids is 1. The number of hydrogen-bond donors (Lipinski definition) is 0. The highest BCUT2D eigenvalue weighted by Crippen LogP contribution is 2.40.